The summed E-state index contributed by atoms with van der Waals surface area (Å²) >= 11 is 6.15. The van der Waals surface area contributed by atoms with Gasteiger partial charge in [-0.2, -0.15) is 8.78 Å². The molecular weight excluding hydrogens is 394 g/mol. The number of amides is 3. The van der Waals surface area contributed by atoms with Crippen LogP contribution in [0.25, 0.3) is 0 Å². The lowest BCUT2D eigenvalue weighted by Gasteiger charge is -2.23. The summed E-state index contributed by atoms with van der Waals surface area (Å²) in [5, 5.41) is 2.88. The van der Waals surface area contributed by atoms with E-state index < -0.39 is 36.4 Å². The molecule has 0 spiro atoms. The fraction of sp³-hybridized carbons (Fsp3) is 0.211. The molecule has 1 aliphatic rings. The summed E-state index contributed by atoms with van der Waals surface area (Å²) in [6, 6.07) is 10.8. The average Bonchev–Trinajstić information content (AvgIpc) is 2.86. The van der Waals surface area contributed by atoms with Gasteiger partial charge in [0, 0.05) is 16.1 Å². The molecule has 1 fully saturated rings. The number of benzene rings is 2. The number of nitrogens with zero attached hydrogens (tertiary/aromatic N) is 1. The normalized spacial score (nSPS) is 19.1. The van der Waals surface area contributed by atoms with Crippen molar-refractivity contribution in [2.45, 2.75) is 19.1 Å². The molecule has 1 atom stereocenters. The predicted molar refractivity (Wildman–Crippen MR) is 96.5 cm³/mol. The third-order valence-electron chi connectivity index (χ3n) is 4.39. The van der Waals surface area contributed by atoms with Crippen molar-refractivity contribution in [3.05, 3.63) is 64.7 Å². The van der Waals surface area contributed by atoms with E-state index in [-0.39, 0.29) is 11.3 Å². The monoisotopic (exact) mass is 408 g/mol. The van der Waals surface area contributed by atoms with Gasteiger partial charge in [0.15, 0.2) is 5.78 Å². The molecule has 9 heteroatoms. The lowest BCUT2D eigenvalue weighted by molar-refractivity contribution is -0.130. The van der Waals surface area contributed by atoms with Crippen LogP contribution in [0, 0.1) is 0 Å². The zero-order valence-electron chi connectivity index (χ0n) is 14.6. The van der Waals surface area contributed by atoms with Crippen LogP contribution in [-0.4, -0.2) is 35.8 Å². The Morgan fingerprint density at radius 1 is 1.18 bits per heavy atom. The topological polar surface area (TPSA) is 75.7 Å². The van der Waals surface area contributed by atoms with Crippen LogP contribution < -0.4 is 10.1 Å². The average molecular weight is 409 g/mol. The molecule has 1 aliphatic heterocycles. The van der Waals surface area contributed by atoms with E-state index >= 15 is 0 Å². The maximum Gasteiger partial charge on any atom is 0.387 e. The molecule has 0 aliphatic carbocycles. The molecule has 2 aromatic rings. The number of urea groups is 1. The molecular formula is C19H15ClF2N2O4. The first-order chi connectivity index (χ1) is 13.2. The van der Waals surface area contributed by atoms with Crippen molar-refractivity contribution in [1.29, 1.82) is 0 Å². The maximum absolute atomic E-state index is 12.9. The van der Waals surface area contributed by atoms with Crippen LogP contribution in [-0.2, 0) is 10.3 Å². The fourth-order valence-corrected chi connectivity index (χ4v) is 3.27. The van der Waals surface area contributed by atoms with E-state index in [0.717, 1.165) is 4.90 Å². The minimum atomic E-state index is -2.98. The van der Waals surface area contributed by atoms with Gasteiger partial charge in [0.1, 0.15) is 11.3 Å². The van der Waals surface area contributed by atoms with Crippen LogP contribution in [0.1, 0.15) is 22.8 Å². The molecule has 146 valence electrons. The van der Waals surface area contributed by atoms with Crippen molar-refractivity contribution >= 4 is 29.3 Å². The maximum atomic E-state index is 12.9. The molecule has 0 aromatic heterocycles. The molecule has 28 heavy (non-hydrogen) atoms. The number of halogens is 3. The number of ketones is 1. The third kappa shape index (κ3) is 3.68. The van der Waals surface area contributed by atoms with Gasteiger partial charge in [-0.1, -0.05) is 29.8 Å². The van der Waals surface area contributed by atoms with E-state index in [1.807, 2.05) is 0 Å². The number of carbonyl (C=O) groups excluding carboxylic acids is 3. The smallest absolute Gasteiger partial charge is 0.387 e. The van der Waals surface area contributed by atoms with Crippen LogP contribution in [0.5, 0.6) is 5.75 Å². The van der Waals surface area contributed by atoms with Gasteiger partial charge in [-0.25, -0.2) is 4.79 Å². The highest BCUT2D eigenvalue weighted by atomic mass is 35.5. The summed E-state index contributed by atoms with van der Waals surface area (Å²) in [6.07, 6.45) is 0. The lowest BCUT2D eigenvalue weighted by atomic mass is 9.92. The molecule has 1 saturated heterocycles. The summed E-state index contributed by atoms with van der Waals surface area (Å²) in [5.41, 5.74) is -0.836. The Bertz CT molecular complexity index is 936. The fourth-order valence-electron chi connectivity index (χ4n) is 2.95. The first-order valence-electron chi connectivity index (χ1n) is 8.19. The van der Waals surface area contributed by atoms with E-state index in [9.17, 15) is 23.2 Å². The van der Waals surface area contributed by atoms with E-state index in [1.54, 1.807) is 24.3 Å². The van der Waals surface area contributed by atoms with Crippen molar-refractivity contribution in [3.63, 3.8) is 0 Å². The Morgan fingerprint density at radius 3 is 2.43 bits per heavy atom. The minimum Gasteiger partial charge on any atom is -0.435 e. The van der Waals surface area contributed by atoms with Crippen molar-refractivity contribution in [3.8, 4) is 5.75 Å². The van der Waals surface area contributed by atoms with Gasteiger partial charge in [-0.05, 0) is 37.3 Å². The molecule has 3 amide bonds. The predicted octanol–water partition coefficient (Wildman–Crippen LogP) is 3.59. The Labute approximate surface area is 164 Å². The standard InChI is InChI=1S/C19H15ClF2N2O4/c1-19(13-4-2-3-5-14(13)20)16(26)24(18(27)23-19)10-15(25)11-6-8-12(9-7-11)28-17(21)22/h2-9,17H,10H2,1H3,(H,23,27)/t19-/m0/s1. The number of alkyl halides is 2. The second-order valence-electron chi connectivity index (χ2n) is 6.25. The quantitative estimate of drug-likeness (QED) is 0.585. The third-order valence-corrected chi connectivity index (χ3v) is 4.72. The van der Waals surface area contributed by atoms with Gasteiger partial charge in [-0.3, -0.25) is 14.5 Å². The number of nitrogens with one attached hydrogen (secondary N) is 1. The summed E-state index contributed by atoms with van der Waals surface area (Å²) in [4.78, 5) is 38.4. The molecule has 6 nitrogen and oxygen atoms in total. The highest BCUT2D eigenvalue weighted by molar-refractivity contribution is 6.32. The number of ether oxygens (including phenoxy) is 1. The van der Waals surface area contributed by atoms with Crippen molar-refractivity contribution < 1.29 is 27.9 Å². The van der Waals surface area contributed by atoms with Crippen LogP contribution in [0.4, 0.5) is 13.6 Å². The molecule has 1 N–H and O–H groups in total. The Kier molecular flexibility index (Phi) is 5.33. The van der Waals surface area contributed by atoms with Gasteiger partial charge < -0.3 is 10.1 Å². The van der Waals surface area contributed by atoms with Crippen molar-refractivity contribution in [2.75, 3.05) is 6.54 Å². The summed E-state index contributed by atoms with van der Waals surface area (Å²) in [7, 11) is 0. The first kappa shape index (κ1) is 19.8. The minimum absolute atomic E-state index is 0.104. The molecule has 0 saturated carbocycles. The van der Waals surface area contributed by atoms with Crippen LogP contribution in [0.3, 0.4) is 0 Å². The summed E-state index contributed by atoms with van der Waals surface area (Å²) in [6.45, 7) is -1.97. The second-order valence-corrected chi connectivity index (χ2v) is 6.66. The first-order valence-corrected chi connectivity index (χ1v) is 8.57. The lowest BCUT2D eigenvalue weighted by Crippen LogP contribution is -2.41. The number of carbonyl (C=O) groups is 3. The molecule has 0 bridgehead atoms. The van der Waals surface area contributed by atoms with Crippen LogP contribution in [0.15, 0.2) is 48.5 Å². The summed E-state index contributed by atoms with van der Waals surface area (Å²) < 4.78 is 28.6. The SMILES string of the molecule is C[C@@]1(c2ccccc2Cl)NC(=O)N(CC(=O)c2ccc(OC(F)F)cc2)C1=O. The van der Waals surface area contributed by atoms with Crippen molar-refractivity contribution in [2.24, 2.45) is 0 Å². The number of hydrogen-bond donors (Lipinski definition) is 1. The van der Waals surface area contributed by atoms with Crippen LogP contribution in [0.2, 0.25) is 5.02 Å². The number of rotatable bonds is 6. The zero-order valence-corrected chi connectivity index (χ0v) is 15.4. The van der Waals surface area contributed by atoms with Crippen LogP contribution >= 0.6 is 11.6 Å². The molecule has 3 rings (SSSR count). The second kappa shape index (κ2) is 7.55. The zero-order chi connectivity index (χ0) is 20.5. The van der Waals surface area contributed by atoms with Gasteiger partial charge >= 0.3 is 12.6 Å². The molecule has 2 aromatic carbocycles. The van der Waals surface area contributed by atoms with Gasteiger partial charge in [0.25, 0.3) is 5.91 Å². The highest BCUT2D eigenvalue weighted by Gasteiger charge is 2.50. The number of imide groups is 1. The molecule has 0 unspecified atom stereocenters. The van der Waals surface area contributed by atoms with E-state index in [1.165, 1.54) is 31.2 Å². The molecule has 1 heterocycles. The van der Waals surface area contributed by atoms with E-state index in [2.05, 4.69) is 10.1 Å². The van der Waals surface area contributed by atoms with Crippen molar-refractivity contribution in [1.82, 2.24) is 10.2 Å². The highest BCUT2D eigenvalue weighted by Crippen LogP contribution is 2.33. The summed E-state index contributed by atoms with van der Waals surface area (Å²) in [5.74, 6) is -1.25. The van der Waals surface area contributed by atoms with E-state index in [0.29, 0.717) is 10.6 Å². The Balaban J connectivity index is 1.77. The number of Topliss-reactive ketones (excluding diaryl/α,β-unsaturated/α-hetero) is 1. The van der Waals surface area contributed by atoms with E-state index in [4.69, 9.17) is 11.6 Å². The Morgan fingerprint density at radius 2 is 1.82 bits per heavy atom. The van der Waals surface area contributed by atoms with Gasteiger partial charge in [0.05, 0.1) is 6.54 Å². The largest absolute Gasteiger partial charge is 0.435 e. The number of hydrogen-bond acceptors (Lipinski definition) is 4. The Hall–Kier alpha value is -3.00. The molecule has 0 radical (unpaired) electrons. The van der Waals surface area contributed by atoms with Gasteiger partial charge in [0.2, 0.25) is 0 Å². The van der Waals surface area contributed by atoms with Gasteiger partial charge in [-0.15, -0.1) is 0 Å².